The molecule has 4 fully saturated rings. The van der Waals surface area contributed by atoms with E-state index < -0.39 is 53.3 Å². The third-order valence-electron chi connectivity index (χ3n) is 23.9. The first-order chi connectivity index (χ1) is 59.2. The number of aliphatic hydroxyl groups is 1. The first-order valence-corrected chi connectivity index (χ1v) is 41.9. The van der Waals surface area contributed by atoms with Crippen LogP contribution in [0.1, 0.15) is 163 Å². The molecule has 34 nitrogen and oxygen atoms in total. The number of anilines is 6. The summed E-state index contributed by atoms with van der Waals surface area (Å²) in [5.74, 6) is -2.38. The first kappa shape index (κ1) is 84.5. The van der Waals surface area contributed by atoms with E-state index in [0.29, 0.717) is 72.0 Å². The summed E-state index contributed by atoms with van der Waals surface area (Å²) in [5, 5.41) is 33.5. The zero-order valence-electron chi connectivity index (χ0n) is 68.6. The lowest BCUT2D eigenvalue weighted by molar-refractivity contribution is -0.158. The number of aromatic nitrogens is 15. The Labute approximate surface area is 706 Å². The third kappa shape index (κ3) is 18.5. The average molecular weight is 1680 g/mol. The van der Waals surface area contributed by atoms with Crippen molar-refractivity contribution in [2.75, 3.05) is 69.2 Å². The lowest BCUT2D eigenvalue weighted by Gasteiger charge is -2.29. The number of ketones is 1. The van der Waals surface area contributed by atoms with E-state index in [1.807, 2.05) is 73.7 Å². The molecule has 634 valence electrons. The van der Waals surface area contributed by atoms with Gasteiger partial charge in [-0.05, 0) is 172 Å². The van der Waals surface area contributed by atoms with E-state index in [0.717, 1.165) is 180 Å². The lowest BCUT2D eigenvalue weighted by atomic mass is 9.87. The number of aliphatic hydroxyl groups excluding tert-OH is 1. The van der Waals surface area contributed by atoms with Gasteiger partial charge in [-0.1, -0.05) is 39.0 Å². The number of ether oxygens (including phenoxy) is 3. The van der Waals surface area contributed by atoms with Crippen molar-refractivity contribution in [1.29, 1.82) is 0 Å². The lowest BCUT2D eigenvalue weighted by Crippen LogP contribution is -2.41. The summed E-state index contributed by atoms with van der Waals surface area (Å²) in [4.78, 5) is 152. The topological polar surface area (TPSA) is 420 Å². The number of esters is 2. The second-order valence-electron chi connectivity index (χ2n) is 31.9. The molecule has 5 N–H and O–H groups in total. The number of carbonyl (C=O) groups is 8. The SMILES string of the molecule is C1CCOC1.CC1CCC(n2c3cnccc3c3cnc(Nc4ccc5c(n4)CCN(C(=O)C(=O)O)C5)nc32)CC1.CC1CCC(n2c3cnccc3c3cnc(Nc4ccc5c(n4)CCNC5)nc32)CC1.COC(=O)C(=O)Cl.COC(=O)C(=O)N1CCc2nc(N(C(=O)C(=O)CO)c3ncc4c5ccncc5n(C5CCC(C)CC5)c4n3)ccc2C1. The quantitative estimate of drug-likeness (QED) is 0.0431. The van der Waals surface area contributed by atoms with Crippen LogP contribution in [0.5, 0.6) is 0 Å². The highest BCUT2D eigenvalue weighted by Gasteiger charge is 2.35. The summed E-state index contributed by atoms with van der Waals surface area (Å²) in [6, 6.07) is 18.1. The van der Waals surface area contributed by atoms with E-state index in [1.165, 1.54) is 78.2 Å². The van der Waals surface area contributed by atoms with Gasteiger partial charge < -0.3 is 63.9 Å². The van der Waals surface area contributed by atoms with Crippen molar-refractivity contribution >= 4 is 159 Å². The number of carbonyl (C=O) groups excluding carboxylic acids is 7. The number of aliphatic carboxylic acids is 1. The summed E-state index contributed by atoms with van der Waals surface area (Å²) in [6.07, 6.45) is 34.5. The molecule has 0 aromatic carbocycles. The predicted molar refractivity (Wildman–Crippen MR) is 453 cm³/mol. The maximum Gasteiger partial charge on any atom is 0.396 e. The van der Waals surface area contributed by atoms with Gasteiger partial charge in [0.05, 0.1) is 49.4 Å². The third-order valence-corrected chi connectivity index (χ3v) is 24.0. The molecule has 0 spiro atoms. The van der Waals surface area contributed by atoms with Gasteiger partial charge in [0, 0.05) is 176 Å². The number of carboxylic acid groups (broad SMARTS) is 1. The molecular weight excluding hydrogens is 1580 g/mol. The molecule has 3 saturated carbocycles. The minimum absolute atomic E-state index is 0.0498. The highest BCUT2D eigenvalue weighted by Crippen LogP contribution is 2.43. The summed E-state index contributed by atoms with van der Waals surface area (Å²) < 4.78 is 20.3. The zero-order valence-corrected chi connectivity index (χ0v) is 69.3. The Bertz CT molecular complexity index is 5940. The Kier molecular flexibility index (Phi) is 26.3. The van der Waals surface area contributed by atoms with Crippen molar-refractivity contribution in [3.63, 3.8) is 0 Å². The average Bonchev–Trinajstić information content (AvgIpc) is 1.60. The molecule has 35 heteroatoms. The van der Waals surface area contributed by atoms with Crippen molar-refractivity contribution in [2.45, 2.75) is 168 Å². The largest absolute Gasteiger partial charge is 0.474 e. The Hall–Kier alpha value is -12.5. The fourth-order valence-corrected chi connectivity index (χ4v) is 17.3. The van der Waals surface area contributed by atoms with E-state index in [9.17, 15) is 43.5 Å². The normalized spacial score (nSPS) is 19.2. The molecule has 122 heavy (non-hydrogen) atoms. The first-order valence-electron chi connectivity index (χ1n) is 41.5. The number of amides is 3. The van der Waals surface area contributed by atoms with E-state index >= 15 is 0 Å². The molecule has 0 bridgehead atoms. The molecule has 19 rings (SSSR count). The van der Waals surface area contributed by atoms with Crippen molar-refractivity contribution in [3.8, 4) is 0 Å². The van der Waals surface area contributed by atoms with Crippen LogP contribution >= 0.6 is 11.6 Å². The van der Waals surface area contributed by atoms with Gasteiger partial charge in [0.25, 0.3) is 0 Å². The number of nitrogens with one attached hydrogen (secondary N) is 3. The molecular formula is C87H96ClN21O13. The van der Waals surface area contributed by atoms with Crippen LogP contribution in [-0.4, -0.2) is 194 Å². The van der Waals surface area contributed by atoms with Crippen LogP contribution in [0.4, 0.5) is 35.3 Å². The Morgan fingerprint density at radius 1 is 0.508 bits per heavy atom. The summed E-state index contributed by atoms with van der Waals surface area (Å²) in [7, 11) is 2.24. The zero-order chi connectivity index (χ0) is 85.2. The van der Waals surface area contributed by atoms with Crippen molar-refractivity contribution < 1.29 is 62.8 Å². The number of nitrogens with zero attached hydrogens (tertiary/aromatic N) is 18. The molecule has 3 aliphatic carbocycles. The maximum absolute atomic E-state index is 13.4. The molecule has 0 radical (unpaired) electrons. The number of hydrogen-bond donors (Lipinski definition) is 5. The number of rotatable bonds is 12. The maximum atomic E-state index is 13.4. The van der Waals surface area contributed by atoms with E-state index in [1.54, 1.807) is 18.5 Å². The van der Waals surface area contributed by atoms with Gasteiger partial charge in [-0.2, -0.15) is 15.0 Å². The van der Waals surface area contributed by atoms with Crippen molar-refractivity contribution in [1.82, 2.24) is 88.6 Å². The van der Waals surface area contributed by atoms with E-state index in [4.69, 9.17) is 34.8 Å². The van der Waals surface area contributed by atoms with E-state index in [-0.39, 0.29) is 37.4 Å². The molecule has 12 aromatic rings. The summed E-state index contributed by atoms with van der Waals surface area (Å²) in [6.45, 7) is 10.7. The molecule has 7 aliphatic rings. The predicted octanol–water partition coefficient (Wildman–Crippen LogP) is 11.5. The van der Waals surface area contributed by atoms with E-state index in [2.05, 4.69) is 119 Å². The van der Waals surface area contributed by atoms with Gasteiger partial charge in [0.1, 0.15) is 41.0 Å². The Morgan fingerprint density at radius 2 is 0.943 bits per heavy atom. The fraction of sp³-hybridized carbons (Fsp3) is 0.425. The number of hydrogen-bond acceptors (Lipinski definition) is 27. The molecule has 0 unspecified atom stereocenters. The second kappa shape index (κ2) is 38.0. The summed E-state index contributed by atoms with van der Waals surface area (Å²) >= 11 is 4.61. The summed E-state index contributed by atoms with van der Waals surface area (Å²) in [5.41, 5.74) is 11.1. The monoisotopic (exact) mass is 1680 g/mol. The molecule has 4 aliphatic heterocycles. The molecule has 12 aromatic heterocycles. The number of methoxy groups -OCH3 is 2. The highest BCUT2D eigenvalue weighted by atomic mass is 35.5. The van der Waals surface area contributed by atoms with Crippen LogP contribution in [0.15, 0.2) is 110 Å². The van der Waals surface area contributed by atoms with Crippen LogP contribution in [0, 0.1) is 17.8 Å². The molecule has 16 heterocycles. The number of carboxylic acids is 1. The van der Waals surface area contributed by atoms with Gasteiger partial charge in [0.2, 0.25) is 23.6 Å². The van der Waals surface area contributed by atoms with Crippen LogP contribution in [0.25, 0.3) is 65.8 Å². The smallest absolute Gasteiger partial charge is 0.396 e. The van der Waals surface area contributed by atoms with Gasteiger partial charge in [-0.3, -0.25) is 38.9 Å². The Balaban J connectivity index is 0.000000134. The molecule has 0 atom stereocenters. The Morgan fingerprint density at radius 3 is 1.38 bits per heavy atom. The number of Topliss-reactive ketones (excluding diaryl/α,β-unsaturated/α-hetero) is 1. The van der Waals surface area contributed by atoms with Crippen LogP contribution < -0.4 is 20.9 Å². The number of fused-ring (bicyclic) bond motifs is 12. The molecule has 3 amide bonds. The second-order valence-corrected chi connectivity index (χ2v) is 32.3. The van der Waals surface area contributed by atoms with Crippen molar-refractivity contribution in [2.24, 2.45) is 17.8 Å². The fourth-order valence-electron chi connectivity index (χ4n) is 17.3. The highest BCUT2D eigenvalue weighted by molar-refractivity contribution is 6.80. The van der Waals surface area contributed by atoms with Crippen molar-refractivity contribution in [3.05, 3.63) is 144 Å². The standard InChI is InChI=1S/C30H31N7O6.C26H27N7O3.C24H27N7.C4H8O.C3H3ClO3/c1-17-3-6-19(7-4-17)36-23-14-31-11-9-20(23)21-13-32-30(34-26(21)36)37(27(40)24(39)16-38)25-8-5-18-15-35(12-10-22(18)33-25)28(41)29(42)43-2;1-15-2-5-17(6-3-15)33-21-13-27-10-8-18(21)19-12-28-26(31-23(19)33)30-22-7-4-16-14-32(24(34)25(35)36)11-9-20(16)29-22;1-15-2-5-17(6-3-15)31-21-14-26-10-8-18(21)19-13-27-24(30-23(19)31)29-22-7-4-16-12-25-11-9-20(16)28-22;1-2-4-5-3-1;1-7-3(6)2(4)5/h5,8-9,11,13-14,17,19,38H,3-4,6-7,10,12,15-16H2,1-2H3;4,7-8,10,12-13,15,17H,2-3,5-6,9,11,14H2,1H3,(H,35,36)(H,28,29,30,31);4,7-8,10,13-15,17,25H,2-3,5-6,9,11-12H2,1H3,(H,27,28,29,30);1-4H2;1H3. The molecule has 1 saturated heterocycles. The number of pyridine rings is 6. The van der Waals surface area contributed by atoms with Crippen LogP contribution in [0.3, 0.4) is 0 Å². The van der Waals surface area contributed by atoms with Gasteiger partial charge >= 0.3 is 40.9 Å². The van der Waals surface area contributed by atoms with Gasteiger partial charge in [-0.25, -0.2) is 49.2 Å². The van der Waals surface area contributed by atoms with Crippen LogP contribution in [-0.2, 0) is 91.5 Å². The number of halogens is 1. The van der Waals surface area contributed by atoms with Gasteiger partial charge in [0.15, 0.2) is 0 Å². The minimum atomic E-state index is -1.44. The van der Waals surface area contributed by atoms with Crippen LogP contribution in [0.2, 0.25) is 0 Å². The minimum Gasteiger partial charge on any atom is -0.474 e. The van der Waals surface area contributed by atoms with Gasteiger partial charge in [-0.15, -0.1) is 0 Å².